The van der Waals surface area contributed by atoms with Gasteiger partial charge >= 0.3 is 5.56 Å². The highest BCUT2D eigenvalue weighted by Gasteiger charge is 2.17. The van der Waals surface area contributed by atoms with E-state index in [0.717, 1.165) is 16.6 Å². The van der Waals surface area contributed by atoms with Gasteiger partial charge in [0.05, 0.1) is 12.9 Å². The quantitative estimate of drug-likeness (QED) is 0.327. The zero-order chi connectivity index (χ0) is 21.4. The highest BCUT2D eigenvalue weighted by molar-refractivity contribution is 7.99. The van der Waals surface area contributed by atoms with Gasteiger partial charge in [-0.15, -0.1) is 10.2 Å². The molecule has 5 aromatic rings. The van der Waals surface area contributed by atoms with Crippen LogP contribution < -0.4 is 10.3 Å². The van der Waals surface area contributed by atoms with Crippen LogP contribution in [0.2, 0.25) is 0 Å². The maximum Gasteiger partial charge on any atom is 0.300 e. The van der Waals surface area contributed by atoms with E-state index in [-0.39, 0.29) is 22.7 Å². The highest BCUT2D eigenvalue weighted by Crippen LogP contribution is 2.26. The summed E-state index contributed by atoms with van der Waals surface area (Å²) in [5.74, 6) is 0.790. The molecule has 3 heterocycles. The molecule has 0 atom stereocenters. The molecule has 0 spiro atoms. The Morgan fingerprint density at radius 1 is 1.13 bits per heavy atom. The molecular weight excluding hydrogens is 414 g/mol. The lowest BCUT2D eigenvalue weighted by molar-refractivity contribution is 0.102. The molecule has 5 rings (SSSR count). The van der Waals surface area contributed by atoms with Gasteiger partial charge in [0.15, 0.2) is 10.9 Å². The largest absolute Gasteiger partial charge is 0.497 e. The Kier molecular flexibility index (Phi) is 4.79. The van der Waals surface area contributed by atoms with E-state index < -0.39 is 0 Å². The summed E-state index contributed by atoms with van der Waals surface area (Å²) in [6.07, 6.45) is 5.10. The summed E-state index contributed by atoms with van der Waals surface area (Å²) in [6.45, 7) is 0. The molecule has 2 aromatic carbocycles. The number of nitrogens with zero attached hydrogens (tertiary/aromatic N) is 4. The first-order chi connectivity index (χ1) is 15.2. The van der Waals surface area contributed by atoms with Crippen LogP contribution in [-0.2, 0) is 0 Å². The van der Waals surface area contributed by atoms with E-state index in [1.54, 1.807) is 30.1 Å². The molecule has 0 aliphatic carbocycles. The first-order valence-electron chi connectivity index (χ1n) is 9.48. The molecule has 0 saturated heterocycles. The van der Waals surface area contributed by atoms with Gasteiger partial charge in [0.25, 0.3) is 0 Å². The molecule has 31 heavy (non-hydrogen) atoms. The Morgan fingerprint density at radius 2 is 1.97 bits per heavy atom. The number of para-hydroxylation sites is 1. The van der Waals surface area contributed by atoms with Crippen molar-refractivity contribution in [3.63, 3.8) is 0 Å². The van der Waals surface area contributed by atoms with Crippen LogP contribution >= 0.6 is 11.8 Å². The van der Waals surface area contributed by atoms with E-state index in [2.05, 4.69) is 15.2 Å². The molecule has 0 saturated carbocycles. The Bertz CT molecular complexity index is 1470. The van der Waals surface area contributed by atoms with Gasteiger partial charge < -0.3 is 9.72 Å². The standard InChI is InChI=1S/C22H17N5O3S/c1-30-15-7-8-18-16(11-15)17(12-23-18)19(28)13-31-22-25-24-20-21(29)26(9-10-27(20)22)14-5-3-2-4-6-14/h2-12,23H,13H2,1H3. The van der Waals surface area contributed by atoms with Crippen molar-refractivity contribution in [3.8, 4) is 11.4 Å². The van der Waals surface area contributed by atoms with Gasteiger partial charge in [0.2, 0.25) is 5.65 Å². The summed E-state index contributed by atoms with van der Waals surface area (Å²) >= 11 is 1.24. The van der Waals surface area contributed by atoms with E-state index in [9.17, 15) is 9.59 Å². The van der Waals surface area contributed by atoms with E-state index in [4.69, 9.17) is 4.74 Å². The van der Waals surface area contributed by atoms with E-state index >= 15 is 0 Å². The highest BCUT2D eigenvalue weighted by atomic mass is 32.2. The van der Waals surface area contributed by atoms with E-state index in [1.807, 2.05) is 48.5 Å². The number of hydrogen-bond acceptors (Lipinski definition) is 6. The molecule has 0 bridgehead atoms. The molecule has 0 unspecified atom stereocenters. The molecule has 1 N–H and O–H groups in total. The van der Waals surface area contributed by atoms with Crippen LogP contribution in [0.4, 0.5) is 0 Å². The first kappa shape index (κ1) is 19.1. The lowest BCUT2D eigenvalue weighted by Crippen LogP contribution is -2.20. The minimum absolute atomic E-state index is 0.0566. The second-order valence-electron chi connectivity index (χ2n) is 6.81. The summed E-state index contributed by atoms with van der Waals surface area (Å²) in [4.78, 5) is 28.8. The number of thioether (sulfide) groups is 1. The fraction of sp³-hybridized carbons (Fsp3) is 0.0909. The van der Waals surface area contributed by atoms with Crippen LogP contribution in [0.3, 0.4) is 0 Å². The van der Waals surface area contributed by atoms with Crippen molar-refractivity contribution in [2.45, 2.75) is 5.16 Å². The average molecular weight is 431 g/mol. The molecular formula is C22H17N5O3S. The number of benzene rings is 2. The predicted molar refractivity (Wildman–Crippen MR) is 118 cm³/mol. The number of H-pyrrole nitrogens is 1. The van der Waals surface area contributed by atoms with Gasteiger partial charge in [-0.1, -0.05) is 30.0 Å². The van der Waals surface area contributed by atoms with Crippen LogP contribution in [0, 0.1) is 0 Å². The lowest BCUT2D eigenvalue weighted by Gasteiger charge is -2.06. The summed E-state index contributed by atoms with van der Waals surface area (Å²) < 4.78 is 8.39. The second-order valence-corrected chi connectivity index (χ2v) is 7.75. The normalized spacial score (nSPS) is 11.3. The van der Waals surface area contributed by atoms with Gasteiger partial charge in [-0.3, -0.25) is 18.6 Å². The lowest BCUT2D eigenvalue weighted by atomic mass is 10.1. The van der Waals surface area contributed by atoms with E-state index in [0.29, 0.717) is 16.5 Å². The third kappa shape index (κ3) is 3.38. The number of aromatic nitrogens is 5. The van der Waals surface area contributed by atoms with Gasteiger partial charge in [0, 0.05) is 40.7 Å². The number of hydrogen-bond donors (Lipinski definition) is 1. The third-order valence-electron chi connectivity index (χ3n) is 5.00. The molecule has 0 fully saturated rings. The van der Waals surface area contributed by atoms with Crippen LogP contribution in [0.15, 0.2) is 77.1 Å². The summed E-state index contributed by atoms with van der Waals surface area (Å²) in [6, 6.07) is 14.9. The zero-order valence-corrected chi connectivity index (χ0v) is 17.3. The molecule has 0 radical (unpaired) electrons. The molecule has 3 aromatic heterocycles. The Balaban J connectivity index is 1.41. The number of Topliss-reactive ketones (excluding diaryl/α,β-unsaturated/α-hetero) is 1. The molecule has 9 heteroatoms. The minimum atomic E-state index is -0.275. The second kappa shape index (κ2) is 7.77. The minimum Gasteiger partial charge on any atom is -0.497 e. The number of aromatic amines is 1. The molecule has 0 aliphatic rings. The van der Waals surface area contributed by atoms with Gasteiger partial charge in [-0.2, -0.15) is 0 Å². The smallest absolute Gasteiger partial charge is 0.300 e. The molecule has 154 valence electrons. The SMILES string of the molecule is COc1ccc2[nH]cc(C(=O)CSc3nnc4c(=O)n(-c5ccccc5)ccn34)c2c1. The van der Waals surface area contributed by atoms with Gasteiger partial charge in [-0.25, -0.2) is 0 Å². The van der Waals surface area contributed by atoms with Crippen LogP contribution in [0.1, 0.15) is 10.4 Å². The number of methoxy groups -OCH3 is 1. The number of ether oxygens (including phenoxy) is 1. The molecule has 0 amide bonds. The number of nitrogens with one attached hydrogen (secondary N) is 1. The Labute approximate surface area is 180 Å². The Hall–Kier alpha value is -3.85. The predicted octanol–water partition coefficient (Wildman–Crippen LogP) is 3.35. The zero-order valence-electron chi connectivity index (χ0n) is 16.5. The number of carbonyl (C=O) groups excluding carboxylic acids is 1. The van der Waals surface area contributed by atoms with Crippen molar-refractivity contribution in [3.05, 3.63) is 83.0 Å². The number of ketones is 1. The summed E-state index contributed by atoms with van der Waals surface area (Å²) in [5, 5.41) is 9.45. The van der Waals surface area contributed by atoms with Crippen molar-refractivity contribution in [2.24, 2.45) is 0 Å². The van der Waals surface area contributed by atoms with E-state index in [1.165, 1.54) is 16.3 Å². The first-order valence-corrected chi connectivity index (χ1v) is 10.5. The number of rotatable bonds is 6. The number of carbonyl (C=O) groups is 1. The molecule has 0 aliphatic heterocycles. The van der Waals surface area contributed by atoms with Crippen LogP contribution in [-0.4, -0.2) is 42.8 Å². The maximum absolute atomic E-state index is 12.9. The van der Waals surface area contributed by atoms with Crippen molar-refractivity contribution in [1.29, 1.82) is 0 Å². The summed E-state index contributed by atoms with van der Waals surface area (Å²) in [5.41, 5.74) is 2.13. The third-order valence-corrected chi connectivity index (χ3v) is 5.94. The van der Waals surface area contributed by atoms with Crippen LogP contribution in [0.5, 0.6) is 5.75 Å². The van der Waals surface area contributed by atoms with Gasteiger partial charge in [-0.05, 0) is 30.3 Å². The van der Waals surface area contributed by atoms with Crippen molar-refractivity contribution < 1.29 is 9.53 Å². The molecule has 8 nitrogen and oxygen atoms in total. The van der Waals surface area contributed by atoms with Crippen molar-refractivity contribution >= 4 is 34.1 Å². The monoisotopic (exact) mass is 431 g/mol. The fourth-order valence-corrected chi connectivity index (χ4v) is 4.22. The summed E-state index contributed by atoms with van der Waals surface area (Å²) in [7, 11) is 1.59. The van der Waals surface area contributed by atoms with Crippen molar-refractivity contribution in [1.82, 2.24) is 24.1 Å². The maximum atomic E-state index is 12.9. The van der Waals surface area contributed by atoms with Crippen LogP contribution in [0.25, 0.3) is 22.2 Å². The average Bonchev–Trinajstić information content (AvgIpc) is 3.42. The fourth-order valence-electron chi connectivity index (χ4n) is 3.42. The topological polar surface area (TPSA) is 94.3 Å². The van der Waals surface area contributed by atoms with Gasteiger partial charge in [0.1, 0.15) is 5.75 Å². The number of fused-ring (bicyclic) bond motifs is 2. The Morgan fingerprint density at radius 3 is 2.77 bits per heavy atom. The van der Waals surface area contributed by atoms with Crippen molar-refractivity contribution in [2.75, 3.05) is 12.9 Å².